The highest BCUT2D eigenvalue weighted by Gasteiger charge is 2.32. The first-order valence-corrected chi connectivity index (χ1v) is 5.03. The van der Waals surface area contributed by atoms with Crippen molar-refractivity contribution in [2.45, 2.75) is 33.6 Å². The van der Waals surface area contributed by atoms with Gasteiger partial charge in [0.15, 0.2) is 0 Å². The maximum atomic E-state index is 11.5. The third kappa shape index (κ3) is 2.85. The summed E-state index contributed by atoms with van der Waals surface area (Å²) >= 11 is 0. The number of carbonyl (C=O) groups excluding carboxylic acids is 2. The normalized spacial score (nSPS) is 16.7. The molecule has 0 spiro atoms. The minimum atomic E-state index is -0.255. The number of amides is 2. The van der Waals surface area contributed by atoms with Gasteiger partial charge < -0.3 is 0 Å². The van der Waals surface area contributed by atoms with Gasteiger partial charge in [-0.15, -0.1) is 0 Å². The highest BCUT2D eigenvalue weighted by molar-refractivity contribution is 6.17. The predicted molar refractivity (Wildman–Crippen MR) is 62.1 cm³/mol. The Morgan fingerprint density at radius 3 is 2.00 bits per heavy atom. The van der Waals surface area contributed by atoms with E-state index in [0.717, 1.165) is 10.6 Å². The van der Waals surface area contributed by atoms with Crippen LogP contribution in [0.2, 0.25) is 0 Å². The number of hydrogen-bond donors (Lipinski definition) is 0. The molecule has 0 aromatic rings. The highest BCUT2D eigenvalue weighted by atomic mass is 16.2. The first kappa shape index (κ1) is 12.3. The van der Waals surface area contributed by atoms with Crippen molar-refractivity contribution in [2.24, 2.45) is 9.98 Å². The zero-order valence-electron chi connectivity index (χ0n) is 9.78. The third-order valence-electron chi connectivity index (χ3n) is 1.87. The monoisotopic (exact) mass is 221 g/mol. The minimum Gasteiger partial charge on any atom is -0.274 e. The second-order valence-corrected chi connectivity index (χ2v) is 3.83. The number of rotatable bonds is 1. The molecule has 5 nitrogen and oxygen atoms in total. The van der Waals surface area contributed by atoms with Gasteiger partial charge in [0.25, 0.3) is 0 Å². The topological polar surface area (TPSA) is 62.1 Å². The van der Waals surface area contributed by atoms with Crippen LogP contribution in [-0.2, 0) is 9.59 Å². The number of hydrogen-bond acceptors (Lipinski definition) is 3. The van der Waals surface area contributed by atoms with E-state index in [2.05, 4.69) is 16.6 Å². The SMILES string of the molecule is C=C(C)/N=C(\N=C(C)C)N1C(=O)CCC1=O. The van der Waals surface area contributed by atoms with Crippen LogP contribution < -0.4 is 0 Å². The van der Waals surface area contributed by atoms with Crippen LogP contribution >= 0.6 is 0 Å². The van der Waals surface area contributed by atoms with Gasteiger partial charge in [0, 0.05) is 24.3 Å². The van der Waals surface area contributed by atoms with Gasteiger partial charge in [-0.1, -0.05) is 6.58 Å². The van der Waals surface area contributed by atoms with Crippen molar-refractivity contribution >= 4 is 23.5 Å². The average molecular weight is 221 g/mol. The molecule has 2 amide bonds. The Hall–Kier alpha value is -1.78. The fourth-order valence-electron chi connectivity index (χ4n) is 1.30. The zero-order valence-corrected chi connectivity index (χ0v) is 9.78. The molecule has 1 saturated heterocycles. The molecule has 5 heteroatoms. The molecule has 1 fully saturated rings. The number of aliphatic imine (C=N–C) groups is 2. The van der Waals surface area contributed by atoms with Crippen LogP contribution in [0.15, 0.2) is 22.3 Å². The minimum absolute atomic E-state index is 0.125. The van der Waals surface area contributed by atoms with E-state index in [1.807, 2.05) is 0 Å². The molecule has 16 heavy (non-hydrogen) atoms. The van der Waals surface area contributed by atoms with Gasteiger partial charge in [0.2, 0.25) is 17.8 Å². The number of likely N-dealkylation sites (tertiary alicyclic amines) is 1. The maximum Gasteiger partial charge on any atom is 0.239 e. The number of carbonyl (C=O) groups is 2. The molecule has 1 aliphatic rings. The van der Waals surface area contributed by atoms with Gasteiger partial charge in [0.1, 0.15) is 0 Å². The van der Waals surface area contributed by atoms with Crippen LogP contribution in [-0.4, -0.2) is 28.4 Å². The summed E-state index contributed by atoms with van der Waals surface area (Å²) in [5.41, 5.74) is 1.24. The Kier molecular flexibility index (Phi) is 3.71. The van der Waals surface area contributed by atoms with Gasteiger partial charge in [-0.25, -0.2) is 14.9 Å². The maximum absolute atomic E-state index is 11.5. The molecule has 1 rings (SSSR count). The summed E-state index contributed by atoms with van der Waals surface area (Å²) in [4.78, 5) is 32.2. The molecule has 0 aliphatic carbocycles. The summed E-state index contributed by atoms with van der Waals surface area (Å²) in [6.07, 6.45) is 0.457. The van der Waals surface area contributed by atoms with Gasteiger partial charge in [0.05, 0.1) is 0 Å². The first-order valence-electron chi connectivity index (χ1n) is 5.03. The van der Waals surface area contributed by atoms with Crippen molar-refractivity contribution in [3.63, 3.8) is 0 Å². The molecule has 0 aromatic carbocycles. The van der Waals surface area contributed by atoms with E-state index in [0.29, 0.717) is 5.70 Å². The van der Waals surface area contributed by atoms with E-state index >= 15 is 0 Å². The van der Waals surface area contributed by atoms with Crippen LogP contribution in [0.4, 0.5) is 0 Å². The highest BCUT2D eigenvalue weighted by Crippen LogP contribution is 2.14. The number of imide groups is 1. The smallest absolute Gasteiger partial charge is 0.239 e. The van der Waals surface area contributed by atoms with Crippen molar-refractivity contribution in [3.8, 4) is 0 Å². The lowest BCUT2D eigenvalue weighted by atomic mass is 10.4. The molecule has 1 heterocycles. The van der Waals surface area contributed by atoms with Gasteiger partial charge in [-0.2, -0.15) is 0 Å². The van der Waals surface area contributed by atoms with Crippen LogP contribution in [0, 0.1) is 0 Å². The van der Waals surface area contributed by atoms with E-state index < -0.39 is 0 Å². The van der Waals surface area contributed by atoms with Crippen molar-refractivity contribution in [2.75, 3.05) is 0 Å². The van der Waals surface area contributed by atoms with E-state index in [9.17, 15) is 9.59 Å². The lowest BCUT2D eigenvalue weighted by Gasteiger charge is -2.12. The predicted octanol–water partition coefficient (Wildman–Crippen LogP) is 1.51. The van der Waals surface area contributed by atoms with Crippen molar-refractivity contribution in [3.05, 3.63) is 12.3 Å². The van der Waals surface area contributed by atoms with E-state index in [4.69, 9.17) is 0 Å². The molecule has 0 atom stereocenters. The van der Waals surface area contributed by atoms with E-state index in [-0.39, 0.29) is 30.6 Å². The molecule has 0 saturated carbocycles. The third-order valence-corrected chi connectivity index (χ3v) is 1.87. The Morgan fingerprint density at radius 2 is 1.62 bits per heavy atom. The summed E-state index contributed by atoms with van der Waals surface area (Å²) in [6.45, 7) is 8.86. The molecule has 1 aliphatic heterocycles. The molecule has 0 N–H and O–H groups in total. The largest absolute Gasteiger partial charge is 0.274 e. The number of guanidine groups is 1. The fourth-order valence-corrected chi connectivity index (χ4v) is 1.30. The fraction of sp³-hybridized carbons (Fsp3) is 0.455. The molecule has 0 unspecified atom stereocenters. The van der Waals surface area contributed by atoms with Crippen LogP contribution in [0.5, 0.6) is 0 Å². The van der Waals surface area contributed by atoms with Crippen molar-refractivity contribution in [1.82, 2.24) is 4.90 Å². The molecule has 0 bridgehead atoms. The van der Waals surface area contributed by atoms with Crippen LogP contribution in [0.1, 0.15) is 33.6 Å². The Bertz CT molecular complexity index is 387. The average Bonchev–Trinajstić information content (AvgIpc) is 2.43. The van der Waals surface area contributed by atoms with Crippen molar-refractivity contribution in [1.29, 1.82) is 0 Å². The number of nitrogens with zero attached hydrogens (tertiary/aromatic N) is 3. The Morgan fingerprint density at radius 1 is 1.12 bits per heavy atom. The lowest BCUT2D eigenvalue weighted by Crippen LogP contribution is -2.35. The van der Waals surface area contributed by atoms with Gasteiger partial charge >= 0.3 is 0 Å². The second kappa shape index (κ2) is 4.83. The Labute approximate surface area is 94.6 Å². The van der Waals surface area contributed by atoms with E-state index in [1.165, 1.54) is 0 Å². The molecular weight excluding hydrogens is 206 g/mol. The van der Waals surface area contributed by atoms with Crippen LogP contribution in [0.3, 0.4) is 0 Å². The lowest BCUT2D eigenvalue weighted by molar-refractivity contribution is -0.133. The second-order valence-electron chi connectivity index (χ2n) is 3.83. The zero-order chi connectivity index (χ0) is 12.3. The summed E-state index contributed by atoms with van der Waals surface area (Å²) in [5, 5.41) is 0. The Balaban J connectivity index is 3.11. The van der Waals surface area contributed by atoms with Gasteiger partial charge in [-0.3, -0.25) is 9.59 Å². The summed E-state index contributed by atoms with van der Waals surface area (Å²) in [7, 11) is 0. The summed E-state index contributed by atoms with van der Waals surface area (Å²) in [5.74, 6) is -0.384. The van der Waals surface area contributed by atoms with E-state index in [1.54, 1.807) is 20.8 Å². The first-order chi connectivity index (χ1) is 7.41. The molecule has 0 radical (unpaired) electrons. The molecular formula is C11H15N3O2. The molecule has 86 valence electrons. The molecule has 0 aromatic heterocycles. The standard InChI is InChI=1S/C11H15N3O2/c1-7(2)12-11(13-8(3)4)14-9(15)5-6-10(14)16/h1,5-6H2,2-4H3/b12-11+. The van der Waals surface area contributed by atoms with Crippen molar-refractivity contribution < 1.29 is 9.59 Å². The van der Waals surface area contributed by atoms with Crippen LogP contribution in [0.25, 0.3) is 0 Å². The van der Waals surface area contributed by atoms with Gasteiger partial charge in [-0.05, 0) is 20.8 Å². The summed E-state index contributed by atoms with van der Waals surface area (Å²) < 4.78 is 0. The summed E-state index contributed by atoms with van der Waals surface area (Å²) in [6, 6.07) is 0. The number of allylic oxidation sites excluding steroid dienone is 1. The quantitative estimate of drug-likeness (QED) is 0.382.